The van der Waals surface area contributed by atoms with Crippen molar-refractivity contribution in [2.24, 2.45) is 11.8 Å². The number of carbonyl (C=O) groups is 1. The van der Waals surface area contributed by atoms with Gasteiger partial charge in [0.2, 0.25) is 10.0 Å². The van der Waals surface area contributed by atoms with E-state index in [1.807, 2.05) is 0 Å². The van der Waals surface area contributed by atoms with E-state index in [2.05, 4.69) is 24.0 Å². The number of carbonyl (C=O) groups excluding carboxylic acids is 1. The van der Waals surface area contributed by atoms with E-state index in [4.69, 9.17) is 0 Å². The van der Waals surface area contributed by atoms with E-state index in [9.17, 15) is 13.2 Å². The summed E-state index contributed by atoms with van der Waals surface area (Å²) < 4.78 is 27.4. The Hall–Kier alpha value is -1.54. The maximum atomic E-state index is 12.8. The van der Waals surface area contributed by atoms with Crippen LogP contribution in [-0.4, -0.2) is 65.2 Å². The molecule has 0 spiro atoms. The molecule has 1 amide bonds. The fourth-order valence-electron chi connectivity index (χ4n) is 3.72. The molecule has 3 rings (SSSR count). The van der Waals surface area contributed by atoms with Gasteiger partial charge in [-0.3, -0.25) is 4.79 Å². The Balaban J connectivity index is 1.67. The third-order valence-electron chi connectivity index (χ3n) is 5.23. The van der Waals surface area contributed by atoms with Gasteiger partial charge in [-0.2, -0.15) is 10.2 Å². The molecular weight excluding hydrogens is 340 g/mol. The van der Waals surface area contributed by atoms with Gasteiger partial charge in [0.05, 0.1) is 23.2 Å². The summed E-state index contributed by atoms with van der Waals surface area (Å²) in [5.74, 6) is 0.511. The summed E-state index contributed by atoms with van der Waals surface area (Å²) in [6.07, 6.45) is 5.08. The van der Waals surface area contributed by atoms with Crippen LogP contribution in [0.15, 0.2) is 18.5 Å². The van der Waals surface area contributed by atoms with Crippen LogP contribution in [-0.2, 0) is 10.0 Å². The fraction of sp³-hybridized carbons (Fsp3) is 0.706. The van der Waals surface area contributed by atoms with Gasteiger partial charge in [0.1, 0.15) is 0 Å². The lowest BCUT2D eigenvalue weighted by atomic mass is 10.0. The van der Waals surface area contributed by atoms with E-state index in [-0.39, 0.29) is 17.1 Å². The van der Waals surface area contributed by atoms with Gasteiger partial charge in [-0.1, -0.05) is 13.8 Å². The molecule has 2 aliphatic heterocycles. The minimum Gasteiger partial charge on any atom is -0.339 e. The fourth-order valence-corrected chi connectivity index (χ4v) is 5.97. The highest BCUT2D eigenvalue weighted by Gasteiger charge is 2.46. The molecule has 7 nitrogen and oxygen atoms in total. The number of hydrogen-bond acceptors (Lipinski definition) is 5. The average Bonchev–Trinajstić information content (AvgIpc) is 2.74. The largest absolute Gasteiger partial charge is 0.339 e. The van der Waals surface area contributed by atoms with Crippen molar-refractivity contribution < 1.29 is 13.2 Å². The van der Waals surface area contributed by atoms with Gasteiger partial charge in [-0.05, 0) is 37.2 Å². The predicted molar refractivity (Wildman–Crippen MR) is 94.4 cm³/mol. The normalized spacial score (nSPS) is 26.4. The van der Waals surface area contributed by atoms with Gasteiger partial charge < -0.3 is 4.90 Å². The first kappa shape index (κ1) is 18.3. The summed E-state index contributed by atoms with van der Waals surface area (Å²) in [5, 5.41) is 7.08. The van der Waals surface area contributed by atoms with E-state index in [1.54, 1.807) is 15.3 Å². The van der Waals surface area contributed by atoms with Gasteiger partial charge in [-0.15, -0.1) is 0 Å². The lowest BCUT2D eigenvalue weighted by Gasteiger charge is -2.22. The molecule has 2 atom stereocenters. The molecular formula is C17H26N4O3S. The first-order chi connectivity index (χ1) is 11.9. The Kier molecular flexibility index (Phi) is 5.38. The Morgan fingerprint density at radius 2 is 2.04 bits per heavy atom. The summed E-state index contributed by atoms with van der Waals surface area (Å²) in [6.45, 7) is 6.49. The van der Waals surface area contributed by atoms with Crippen LogP contribution >= 0.6 is 0 Å². The monoisotopic (exact) mass is 366 g/mol. The second-order valence-electron chi connectivity index (χ2n) is 7.38. The average molecular weight is 366 g/mol. The SMILES string of the molecule is CC(C)CCN1C[C@@H]2CCN(C(=O)c3ccnnc3)CC[C@H]2S1(=O)=O. The zero-order chi connectivity index (χ0) is 18.0. The van der Waals surface area contributed by atoms with Crippen molar-refractivity contribution in [3.8, 4) is 0 Å². The number of nitrogens with zero attached hydrogens (tertiary/aromatic N) is 4. The molecule has 0 N–H and O–H groups in total. The highest BCUT2D eigenvalue weighted by Crippen LogP contribution is 2.34. The zero-order valence-electron chi connectivity index (χ0n) is 14.8. The highest BCUT2D eigenvalue weighted by atomic mass is 32.2. The maximum absolute atomic E-state index is 12.8. The van der Waals surface area contributed by atoms with E-state index in [0.29, 0.717) is 44.1 Å². The molecule has 0 aliphatic carbocycles. The van der Waals surface area contributed by atoms with Crippen LogP contribution in [0.1, 0.15) is 43.5 Å². The van der Waals surface area contributed by atoms with Gasteiger partial charge in [-0.25, -0.2) is 12.7 Å². The summed E-state index contributed by atoms with van der Waals surface area (Å²) in [6, 6.07) is 1.64. The minimum atomic E-state index is -3.25. The second kappa shape index (κ2) is 7.37. The summed E-state index contributed by atoms with van der Waals surface area (Å²) >= 11 is 0. The smallest absolute Gasteiger partial charge is 0.255 e. The van der Waals surface area contributed by atoms with Crippen molar-refractivity contribution in [3.05, 3.63) is 24.0 Å². The van der Waals surface area contributed by atoms with Crippen LogP contribution in [0.5, 0.6) is 0 Å². The molecule has 0 aromatic carbocycles. The number of hydrogen-bond donors (Lipinski definition) is 0. The van der Waals surface area contributed by atoms with Crippen LogP contribution in [0.2, 0.25) is 0 Å². The van der Waals surface area contributed by atoms with Crippen LogP contribution < -0.4 is 0 Å². The van der Waals surface area contributed by atoms with Crippen molar-refractivity contribution in [1.29, 1.82) is 0 Å². The van der Waals surface area contributed by atoms with Gasteiger partial charge >= 0.3 is 0 Å². The molecule has 0 bridgehead atoms. The first-order valence-electron chi connectivity index (χ1n) is 8.94. The van der Waals surface area contributed by atoms with Crippen LogP contribution in [0.4, 0.5) is 0 Å². The molecule has 2 saturated heterocycles. The van der Waals surface area contributed by atoms with Crippen molar-refractivity contribution in [1.82, 2.24) is 19.4 Å². The Bertz CT molecular complexity index is 708. The van der Waals surface area contributed by atoms with E-state index in [0.717, 1.165) is 12.8 Å². The lowest BCUT2D eigenvalue weighted by Crippen LogP contribution is -2.35. The molecule has 3 heterocycles. The van der Waals surface area contributed by atoms with Crippen LogP contribution in [0.3, 0.4) is 0 Å². The highest BCUT2D eigenvalue weighted by molar-refractivity contribution is 7.90. The van der Waals surface area contributed by atoms with E-state index in [1.165, 1.54) is 12.4 Å². The minimum absolute atomic E-state index is 0.0936. The van der Waals surface area contributed by atoms with Crippen molar-refractivity contribution >= 4 is 15.9 Å². The number of amides is 1. The van der Waals surface area contributed by atoms with Crippen molar-refractivity contribution in [2.45, 2.75) is 38.4 Å². The number of fused-ring (bicyclic) bond motifs is 1. The second-order valence-corrected chi connectivity index (χ2v) is 9.54. The molecule has 1 aromatic rings. The molecule has 25 heavy (non-hydrogen) atoms. The molecule has 0 unspecified atom stereocenters. The number of likely N-dealkylation sites (tertiary alicyclic amines) is 1. The molecule has 0 radical (unpaired) electrons. The molecule has 1 aromatic heterocycles. The Morgan fingerprint density at radius 1 is 1.28 bits per heavy atom. The quantitative estimate of drug-likeness (QED) is 0.804. The summed E-state index contributed by atoms with van der Waals surface area (Å²) in [5.41, 5.74) is 0.503. The van der Waals surface area contributed by atoms with Crippen LogP contribution in [0, 0.1) is 11.8 Å². The number of rotatable bonds is 4. The third kappa shape index (κ3) is 3.84. The summed E-state index contributed by atoms with van der Waals surface area (Å²) in [4.78, 5) is 14.3. The molecule has 2 aliphatic rings. The topological polar surface area (TPSA) is 83.5 Å². The number of aromatic nitrogens is 2. The lowest BCUT2D eigenvalue weighted by molar-refractivity contribution is 0.0758. The van der Waals surface area contributed by atoms with E-state index < -0.39 is 10.0 Å². The molecule has 8 heteroatoms. The van der Waals surface area contributed by atoms with E-state index >= 15 is 0 Å². The molecule has 2 fully saturated rings. The van der Waals surface area contributed by atoms with Gasteiger partial charge in [0.15, 0.2) is 0 Å². The van der Waals surface area contributed by atoms with Gasteiger partial charge in [0.25, 0.3) is 5.91 Å². The first-order valence-corrected chi connectivity index (χ1v) is 10.4. The van der Waals surface area contributed by atoms with Crippen molar-refractivity contribution in [3.63, 3.8) is 0 Å². The Labute approximate surface area is 149 Å². The van der Waals surface area contributed by atoms with Crippen LogP contribution in [0.25, 0.3) is 0 Å². The van der Waals surface area contributed by atoms with Crippen molar-refractivity contribution in [2.75, 3.05) is 26.2 Å². The molecule has 138 valence electrons. The van der Waals surface area contributed by atoms with Gasteiger partial charge in [0, 0.05) is 26.2 Å². The standard InChI is InChI=1S/C17H26N4O3S/c1-13(2)4-10-21-12-15-5-8-20(9-6-16(15)25(21,23)24)17(22)14-3-7-18-19-11-14/h3,7,11,13,15-16H,4-6,8-10,12H2,1-2H3/t15-,16+/m0/s1. The third-order valence-corrected chi connectivity index (χ3v) is 7.67. The number of sulfonamides is 1. The Morgan fingerprint density at radius 3 is 2.72 bits per heavy atom. The maximum Gasteiger partial charge on any atom is 0.255 e. The molecule has 0 saturated carbocycles. The summed E-state index contributed by atoms with van der Waals surface area (Å²) in [7, 11) is -3.25. The zero-order valence-corrected chi connectivity index (χ0v) is 15.7. The predicted octanol–water partition coefficient (Wildman–Crippen LogP) is 1.39.